The van der Waals surface area contributed by atoms with Gasteiger partial charge in [0.2, 0.25) is 0 Å². The van der Waals surface area contributed by atoms with Gasteiger partial charge in [-0.25, -0.2) is 5.43 Å². The Balaban J connectivity index is 2.04. The highest BCUT2D eigenvalue weighted by Gasteiger charge is 2.24. The Morgan fingerprint density at radius 1 is 1.18 bits per heavy atom. The second-order valence-electron chi connectivity index (χ2n) is 6.26. The molecular formula is C19H19ClN4O4. The van der Waals surface area contributed by atoms with E-state index in [-0.39, 0.29) is 22.5 Å². The Kier molecular flexibility index (Phi) is 7.22. The van der Waals surface area contributed by atoms with Crippen molar-refractivity contribution in [1.82, 2.24) is 10.7 Å². The maximum Gasteiger partial charge on any atom is 0.288 e. The molecule has 0 heterocycles. The van der Waals surface area contributed by atoms with Gasteiger partial charge in [0.15, 0.2) is 0 Å². The molecule has 1 unspecified atom stereocenters. The SMILES string of the molecule is CC(C)C(NC(=O)c1ccccc1)C(=O)NN=Cc1ccc(Cl)c([N+](=O)[O-])c1. The highest BCUT2D eigenvalue weighted by molar-refractivity contribution is 6.32. The maximum atomic E-state index is 12.4. The molecule has 0 radical (unpaired) electrons. The fourth-order valence-corrected chi connectivity index (χ4v) is 2.53. The minimum atomic E-state index is -0.801. The van der Waals surface area contributed by atoms with Gasteiger partial charge < -0.3 is 5.32 Å². The molecule has 28 heavy (non-hydrogen) atoms. The molecule has 1 atom stereocenters. The second-order valence-corrected chi connectivity index (χ2v) is 6.67. The number of hydrazone groups is 1. The molecule has 0 saturated heterocycles. The molecule has 9 heteroatoms. The van der Waals surface area contributed by atoms with E-state index >= 15 is 0 Å². The third-order valence-corrected chi connectivity index (χ3v) is 4.15. The van der Waals surface area contributed by atoms with Gasteiger partial charge in [-0.2, -0.15) is 5.10 Å². The van der Waals surface area contributed by atoms with Crippen LogP contribution in [0.25, 0.3) is 0 Å². The standard InChI is InChI=1S/C19H19ClN4O4/c1-12(2)17(22-18(25)14-6-4-3-5-7-14)19(26)23-21-11-13-8-9-15(20)16(10-13)24(27)28/h3-12,17H,1-2H3,(H,22,25)(H,23,26). The summed E-state index contributed by atoms with van der Waals surface area (Å²) in [5.41, 5.74) is 2.93. The highest BCUT2D eigenvalue weighted by Crippen LogP contribution is 2.24. The zero-order valence-electron chi connectivity index (χ0n) is 15.3. The van der Waals surface area contributed by atoms with Gasteiger partial charge in [0.25, 0.3) is 17.5 Å². The predicted molar refractivity (Wildman–Crippen MR) is 106 cm³/mol. The van der Waals surface area contributed by atoms with Crippen LogP contribution < -0.4 is 10.7 Å². The molecule has 2 N–H and O–H groups in total. The third kappa shape index (κ3) is 5.62. The summed E-state index contributed by atoms with van der Waals surface area (Å²) in [6.45, 7) is 3.59. The Morgan fingerprint density at radius 2 is 1.86 bits per heavy atom. The second kappa shape index (κ2) is 9.61. The number of benzene rings is 2. The van der Waals surface area contributed by atoms with Gasteiger partial charge in [0.05, 0.1) is 11.1 Å². The zero-order chi connectivity index (χ0) is 20.7. The van der Waals surface area contributed by atoms with Crippen LogP contribution in [0.5, 0.6) is 0 Å². The molecule has 8 nitrogen and oxygen atoms in total. The van der Waals surface area contributed by atoms with Crippen LogP contribution in [0, 0.1) is 16.0 Å². The van der Waals surface area contributed by atoms with E-state index in [1.807, 2.05) is 0 Å². The van der Waals surface area contributed by atoms with E-state index in [0.717, 1.165) is 0 Å². The van der Waals surface area contributed by atoms with E-state index in [4.69, 9.17) is 11.6 Å². The molecule has 146 valence electrons. The Labute approximate surface area is 166 Å². The van der Waals surface area contributed by atoms with Crippen LogP contribution in [0.1, 0.15) is 29.8 Å². The molecule has 0 spiro atoms. The number of hydrogen-bond donors (Lipinski definition) is 2. The van der Waals surface area contributed by atoms with Gasteiger partial charge in [-0.05, 0) is 24.1 Å². The van der Waals surface area contributed by atoms with Gasteiger partial charge >= 0.3 is 0 Å². The average molecular weight is 403 g/mol. The molecule has 0 bridgehead atoms. The van der Waals surface area contributed by atoms with Crippen LogP contribution in [0.2, 0.25) is 5.02 Å². The maximum absolute atomic E-state index is 12.4. The lowest BCUT2D eigenvalue weighted by atomic mass is 10.0. The molecule has 2 aromatic carbocycles. The third-order valence-electron chi connectivity index (χ3n) is 3.83. The average Bonchev–Trinajstić information content (AvgIpc) is 2.67. The van der Waals surface area contributed by atoms with Crippen molar-refractivity contribution in [2.75, 3.05) is 0 Å². The van der Waals surface area contributed by atoms with E-state index in [1.54, 1.807) is 44.2 Å². The molecule has 0 aliphatic rings. The van der Waals surface area contributed by atoms with E-state index in [2.05, 4.69) is 15.8 Å². The Morgan fingerprint density at radius 3 is 2.46 bits per heavy atom. The number of rotatable bonds is 7. The quantitative estimate of drug-likeness (QED) is 0.420. The zero-order valence-corrected chi connectivity index (χ0v) is 16.0. The minimum absolute atomic E-state index is 0.00896. The molecule has 0 fully saturated rings. The number of nitro benzene ring substituents is 1. The molecule has 2 rings (SSSR count). The summed E-state index contributed by atoms with van der Waals surface area (Å²) >= 11 is 5.75. The van der Waals surface area contributed by atoms with Crippen LogP contribution in [0.15, 0.2) is 53.6 Å². The summed E-state index contributed by atoms with van der Waals surface area (Å²) in [5, 5.41) is 17.4. The minimum Gasteiger partial charge on any atom is -0.340 e. The van der Waals surface area contributed by atoms with Crippen molar-refractivity contribution in [3.63, 3.8) is 0 Å². The first-order valence-corrected chi connectivity index (χ1v) is 8.80. The summed E-state index contributed by atoms with van der Waals surface area (Å²) in [5.74, 6) is -1.05. The highest BCUT2D eigenvalue weighted by atomic mass is 35.5. The first-order chi connectivity index (χ1) is 13.3. The fourth-order valence-electron chi connectivity index (χ4n) is 2.34. The van der Waals surface area contributed by atoms with Crippen molar-refractivity contribution in [2.45, 2.75) is 19.9 Å². The number of amides is 2. The van der Waals surface area contributed by atoms with Crippen LogP contribution in [0.3, 0.4) is 0 Å². The number of nitro groups is 1. The van der Waals surface area contributed by atoms with Gasteiger partial charge in [0.1, 0.15) is 11.1 Å². The fraction of sp³-hybridized carbons (Fsp3) is 0.211. The van der Waals surface area contributed by atoms with Crippen molar-refractivity contribution in [2.24, 2.45) is 11.0 Å². The predicted octanol–water partition coefficient (Wildman–Crippen LogP) is 3.15. The molecule has 0 aliphatic carbocycles. The summed E-state index contributed by atoms with van der Waals surface area (Å²) in [7, 11) is 0. The van der Waals surface area contributed by atoms with E-state index in [9.17, 15) is 19.7 Å². The first kappa shape index (κ1) is 21.0. The van der Waals surface area contributed by atoms with Crippen molar-refractivity contribution in [3.8, 4) is 0 Å². The van der Waals surface area contributed by atoms with Crippen LogP contribution in [-0.4, -0.2) is 29.0 Å². The van der Waals surface area contributed by atoms with Gasteiger partial charge in [-0.15, -0.1) is 0 Å². The summed E-state index contributed by atoms with van der Waals surface area (Å²) in [6.07, 6.45) is 1.26. The van der Waals surface area contributed by atoms with Crippen LogP contribution >= 0.6 is 11.6 Å². The van der Waals surface area contributed by atoms with Crippen molar-refractivity contribution < 1.29 is 14.5 Å². The van der Waals surface area contributed by atoms with Gasteiger partial charge in [-0.3, -0.25) is 19.7 Å². The van der Waals surface area contributed by atoms with Crippen LogP contribution in [-0.2, 0) is 4.79 Å². The normalized spacial score (nSPS) is 12.0. The molecule has 2 aromatic rings. The van der Waals surface area contributed by atoms with E-state index in [1.165, 1.54) is 24.4 Å². The molecule has 0 aliphatic heterocycles. The number of carbonyl (C=O) groups excluding carboxylic acids is 2. The smallest absolute Gasteiger partial charge is 0.288 e. The van der Waals surface area contributed by atoms with E-state index < -0.39 is 16.9 Å². The van der Waals surface area contributed by atoms with Crippen molar-refractivity contribution in [3.05, 3.63) is 74.8 Å². The number of nitrogens with one attached hydrogen (secondary N) is 2. The van der Waals surface area contributed by atoms with Crippen molar-refractivity contribution in [1.29, 1.82) is 0 Å². The summed E-state index contributed by atoms with van der Waals surface area (Å²) < 4.78 is 0. The lowest BCUT2D eigenvalue weighted by molar-refractivity contribution is -0.384. The summed E-state index contributed by atoms with van der Waals surface area (Å²) in [6, 6.07) is 11.9. The molecular weight excluding hydrogens is 384 g/mol. The molecule has 2 amide bonds. The number of nitrogens with zero attached hydrogens (tertiary/aromatic N) is 2. The van der Waals surface area contributed by atoms with E-state index in [0.29, 0.717) is 11.1 Å². The Hall–Kier alpha value is -3.26. The van der Waals surface area contributed by atoms with Gasteiger partial charge in [-0.1, -0.05) is 49.7 Å². The number of carbonyl (C=O) groups is 2. The number of halogens is 1. The number of hydrogen-bond acceptors (Lipinski definition) is 5. The first-order valence-electron chi connectivity index (χ1n) is 8.42. The lowest BCUT2D eigenvalue weighted by Gasteiger charge is -2.20. The molecule has 0 aromatic heterocycles. The monoisotopic (exact) mass is 402 g/mol. The topological polar surface area (TPSA) is 114 Å². The molecule has 0 saturated carbocycles. The summed E-state index contributed by atoms with van der Waals surface area (Å²) in [4.78, 5) is 35.0. The van der Waals surface area contributed by atoms with Gasteiger partial charge in [0, 0.05) is 17.2 Å². The van der Waals surface area contributed by atoms with Crippen molar-refractivity contribution >= 4 is 35.3 Å². The largest absolute Gasteiger partial charge is 0.340 e. The van der Waals surface area contributed by atoms with Crippen LogP contribution in [0.4, 0.5) is 5.69 Å². The Bertz CT molecular complexity index is 900. The lowest BCUT2D eigenvalue weighted by Crippen LogP contribution is -2.48.